The minimum Gasteiger partial charge on any atom is -0.439 e. The largest absolute Gasteiger partial charge is 0.439 e. The van der Waals surface area contributed by atoms with Crippen LogP contribution in [0.3, 0.4) is 0 Å². The van der Waals surface area contributed by atoms with Crippen LogP contribution >= 0.6 is 0 Å². The summed E-state index contributed by atoms with van der Waals surface area (Å²) >= 11 is 0. The van der Waals surface area contributed by atoms with Gasteiger partial charge in [0.15, 0.2) is 5.84 Å². The Morgan fingerprint density at radius 3 is 2.29 bits per heavy atom. The first-order chi connectivity index (χ1) is 9.90. The molecule has 21 heavy (non-hydrogen) atoms. The van der Waals surface area contributed by atoms with Crippen molar-refractivity contribution >= 4 is 5.84 Å². The van der Waals surface area contributed by atoms with Crippen LogP contribution in [0.15, 0.2) is 47.8 Å². The summed E-state index contributed by atoms with van der Waals surface area (Å²) < 4.78 is 42.4. The zero-order valence-corrected chi connectivity index (χ0v) is 10.5. The Morgan fingerprint density at radius 1 is 1.14 bits per heavy atom. The van der Waals surface area contributed by atoms with Gasteiger partial charge >= 0.3 is 6.18 Å². The average molecular weight is 297 g/mol. The maximum absolute atomic E-state index is 12.4. The topological polar surface area (TPSA) is 80.7 Å². The number of pyridine rings is 1. The van der Waals surface area contributed by atoms with Crippen molar-refractivity contribution in [2.75, 3.05) is 0 Å². The van der Waals surface area contributed by atoms with E-state index >= 15 is 0 Å². The lowest BCUT2D eigenvalue weighted by Gasteiger charge is -2.08. The fourth-order valence-corrected chi connectivity index (χ4v) is 1.48. The van der Waals surface area contributed by atoms with Gasteiger partial charge in [-0.15, -0.1) is 0 Å². The predicted molar refractivity (Wildman–Crippen MR) is 68.3 cm³/mol. The highest BCUT2D eigenvalue weighted by Crippen LogP contribution is 2.30. The number of nitrogens with two attached hydrogens (primary N) is 1. The molecule has 0 unspecified atom stereocenters. The van der Waals surface area contributed by atoms with Crippen LogP contribution < -0.4 is 10.5 Å². The third-order valence-electron chi connectivity index (χ3n) is 2.54. The van der Waals surface area contributed by atoms with E-state index in [9.17, 15) is 13.2 Å². The molecular formula is C13H10F3N3O2. The van der Waals surface area contributed by atoms with Gasteiger partial charge in [-0.05, 0) is 30.3 Å². The van der Waals surface area contributed by atoms with Gasteiger partial charge in [0.2, 0.25) is 5.88 Å². The zero-order chi connectivity index (χ0) is 15.5. The van der Waals surface area contributed by atoms with E-state index in [1.807, 2.05) is 0 Å². The number of rotatable bonds is 3. The lowest BCUT2D eigenvalue weighted by molar-refractivity contribution is -0.137. The summed E-state index contributed by atoms with van der Waals surface area (Å²) in [6, 6.07) is 8.12. The van der Waals surface area contributed by atoms with Crippen LogP contribution in [-0.4, -0.2) is 16.0 Å². The summed E-state index contributed by atoms with van der Waals surface area (Å²) in [5.74, 6) is 0.325. The highest BCUT2D eigenvalue weighted by atomic mass is 19.4. The molecular weight excluding hydrogens is 287 g/mol. The molecule has 0 saturated heterocycles. The molecule has 0 bridgehead atoms. The van der Waals surface area contributed by atoms with E-state index in [1.165, 1.54) is 24.3 Å². The summed E-state index contributed by atoms with van der Waals surface area (Å²) in [4.78, 5) is 3.58. The molecule has 0 fully saturated rings. The molecule has 0 amide bonds. The second-order valence-corrected chi connectivity index (χ2v) is 3.99. The molecule has 2 rings (SSSR count). The number of nitrogens with zero attached hydrogens (tertiary/aromatic N) is 2. The van der Waals surface area contributed by atoms with Crippen LogP contribution in [-0.2, 0) is 6.18 Å². The van der Waals surface area contributed by atoms with Crippen molar-refractivity contribution in [2.45, 2.75) is 6.18 Å². The number of ether oxygens (including phenoxy) is 1. The Labute approximate surface area is 117 Å². The third-order valence-corrected chi connectivity index (χ3v) is 2.54. The van der Waals surface area contributed by atoms with Gasteiger partial charge in [0.25, 0.3) is 0 Å². The Balaban J connectivity index is 2.11. The lowest BCUT2D eigenvalue weighted by Crippen LogP contribution is -2.12. The van der Waals surface area contributed by atoms with E-state index in [-0.39, 0.29) is 11.7 Å². The van der Waals surface area contributed by atoms with Crippen molar-refractivity contribution in [1.82, 2.24) is 4.98 Å². The summed E-state index contributed by atoms with van der Waals surface area (Å²) in [7, 11) is 0. The number of amidine groups is 1. The van der Waals surface area contributed by atoms with Crippen molar-refractivity contribution in [1.29, 1.82) is 0 Å². The monoisotopic (exact) mass is 297 g/mol. The van der Waals surface area contributed by atoms with Gasteiger partial charge in [-0.3, -0.25) is 0 Å². The fraction of sp³-hybridized carbons (Fsp3) is 0.0769. The molecule has 1 heterocycles. The van der Waals surface area contributed by atoms with Crippen molar-refractivity contribution in [2.24, 2.45) is 10.9 Å². The number of hydrogen-bond acceptors (Lipinski definition) is 4. The molecule has 3 N–H and O–H groups in total. The summed E-state index contributed by atoms with van der Waals surface area (Å²) in [5.41, 5.74) is 5.02. The molecule has 8 heteroatoms. The molecule has 2 aromatic rings. The molecule has 1 aromatic carbocycles. The lowest BCUT2D eigenvalue weighted by atomic mass is 10.2. The number of aromatic nitrogens is 1. The van der Waals surface area contributed by atoms with E-state index < -0.39 is 11.7 Å². The maximum atomic E-state index is 12.4. The minimum absolute atomic E-state index is 0.0274. The number of benzene rings is 1. The van der Waals surface area contributed by atoms with Crippen LogP contribution in [0.5, 0.6) is 11.6 Å². The minimum atomic E-state index is -4.44. The van der Waals surface area contributed by atoms with Crippen molar-refractivity contribution < 1.29 is 23.1 Å². The molecule has 0 aliphatic rings. The number of hydrogen-bond donors (Lipinski definition) is 2. The Bertz CT molecular complexity index is 637. The van der Waals surface area contributed by atoms with Crippen molar-refractivity contribution in [3.8, 4) is 11.6 Å². The second-order valence-electron chi connectivity index (χ2n) is 3.99. The molecule has 110 valence electrons. The first-order valence-electron chi connectivity index (χ1n) is 5.69. The predicted octanol–water partition coefficient (Wildman–Crippen LogP) is 2.99. The van der Waals surface area contributed by atoms with Gasteiger partial charge < -0.3 is 15.7 Å². The molecule has 0 radical (unpaired) electrons. The van der Waals surface area contributed by atoms with Gasteiger partial charge in [0, 0.05) is 17.8 Å². The maximum Gasteiger partial charge on any atom is 0.417 e. The van der Waals surface area contributed by atoms with Crippen LogP contribution in [0, 0.1) is 0 Å². The second kappa shape index (κ2) is 5.70. The number of alkyl halides is 3. The van der Waals surface area contributed by atoms with Crippen molar-refractivity contribution in [3.63, 3.8) is 0 Å². The van der Waals surface area contributed by atoms with Gasteiger partial charge in [-0.1, -0.05) is 5.16 Å². The molecule has 0 atom stereocenters. The SMILES string of the molecule is N/C(=N\O)c1ccc(Oc2ccc(C(F)(F)F)cn2)cc1. The first-order valence-corrected chi connectivity index (χ1v) is 5.69. The summed E-state index contributed by atoms with van der Waals surface area (Å²) in [6.45, 7) is 0. The molecule has 0 aliphatic carbocycles. The first kappa shape index (κ1) is 14.6. The Hall–Kier alpha value is -2.77. The molecule has 0 aliphatic heterocycles. The van der Waals surface area contributed by atoms with E-state index in [4.69, 9.17) is 15.7 Å². The van der Waals surface area contributed by atoms with Crippen LogP contribution in [0.1, 0.15) is 11.1 Å². The Kier molecular flexibility index (Phi) is 3.97. The molecule has 1 aromatic heterocycles. The standard InChI is InChI=1S/C13H10F3N3O2/c14-13(15,16)9-3-6-11(18-7-9)21-10-4-1-8(2-5-10)12(17)19-20/h1-7,20H,(H2,17,19). The number of halogens is 3. The van der Waals surface area contributed by atoms with E-state index in [2.05, 4.69) is 10.1 Å². The molecule has 0 saturated carbocycles. The van der Waals surface area contributed by atoms with Crippen LogP contribution in [0.25, 0.3) is 0 Å². The van der Waals surface area contributed by atoms with Crippen LogP contribution in [0.2, 0.25) is 0 Å². The van der Waals surface area contributed by atoms with E-state index in [1.54, 1.807) is 0 Å². The Morgan fingerprint density at radius 2 is 1.81 bits per heavy atom. The number of oxime groups is 1. The van der Waals surface area contributed by atoms with E-state index in [0.717, 1.165) is 12.1 Å². The molecule has 5 nitrogen and oxygen atoms in total. The van der Waals surface area contributed by atoms with E-state index in [0.29, 0.717) is 17.5 Å². The van der Waals surface area contributed by atoms with Gasteiger partial charge in [-0.2, -0.15) is 13.2 Å². The van der Waals surface area contributed by atoms with Gasteiger partial charge in [0.05, 0.1) is 5.56 Å². The normalized spacial score (nSPS) is 12.2. The zero-order valence-electron chi connectivity index (χ0n) is 10.5. The summed E-state index contributed by atoms with van der Waals surface area (Å²) in [6.07, 6.45) is -3.74. The summed E-state index contributed by atoms with van der Waals surface area (Å²) in [5, 5.41) is 11.4. The molecule has 0 spiro atoms. The third kappa shape index (κ3) is 3.62. The van der Waals surface area contributed by atoms with Crippen LogP contribution in [0.4, 0.5) is 13.2 Å². The quantitative estimate of drug-likeness (QED) is 0.395. The van der Waals surface area contributed by atoms with Crippen molar-refractivity contribution in [3.05, 3.63) is 53.7 Å². The van der Waals surface area contributed by atoms with Gasteiger partial charge in [0.1, 0.15) is 5.75 Å². The highest BCUT2D eigenvalue weighted by molar-refractivity contribution is 5.97. The van der Waals surface area contributed by atoms with Gasteiger partial charge in [-0.25, -0.2) is 4.98 Å². The highest BCUT2D eigenvalue weighted by Gasteiger charge is 2.30. The smallest absolute Gasteiger partial charge is 0.417 e. The average Bonchev–Trinajstić information content (AvgIpc) is 2.47. The fourth-order valence-electron chi connectivity index (χ4n) is 1.48.